The Morgan fingerprint density at radius 3 is 2.57 bits per heavy atom. The summed E-state index contributed by atoms with van der Waals surface area (Å²) in [5.41, 5.74) is 0.513. The van der Waals surface area contributed by atoms with E-state index in [0.29, 0.717) is 16.1 Å². The Kier molecular flexibility index (Phi) is 4.89. The fraction of sp³-hybridized carbons (Fsp3) is 0.308. The SMILES string of the molecule is CNc1nc(Nc2cc(F)ccc2Br)nc(OC(C)C)n1. The molecule has 0 amide bonds. The minimum Gasteiger partial charge on any atom is -0.461 e. The van der Waals surface area contributed by atoms with Crippen LogP contribution < -0.4 is 15.4 Å². The maximum absolute atomic E-state index is 13.3. The third-order valence-electron chi connectivity index (χ3n) is 2.35. The van der Waals surface area contributed by atoms with E-state index < -0.39 is 0 Å². The summed E-state index contributed by atoms with van der Waals surface area (Å²) in [6, 6.07) is 4.49. The van der Waals surface area contributed by atoms with Gasteiger partial charge in [-0.25, -0.2) is 4.39 Å². The predicted molar refractivity (Wildman–Crippen MR) is 82.5 cm³/mol. The molecule has 112 valence electrons. The van der Waals surface area contributed by atoms with E-state index in [1.54, 1.807) is 13.1 Å². The molecule has 1 heterocycles. The molecule has 0 saturated heterocycles. The van der Waals surface area contributed by atoms with Gasteiger partial charge in [-0.15, -0.1) is 0 Å². The van der Waals surface area contributed by atoms with Crippen LogP contribution in [0.1, 0.15) is 13.8 Å². The van der Waals surface area contributed by atoms with Gasteiger partial charge in [-0.2, -0.15) is 15.0 Å². The molecule has 0 aliphatic heterocycles. The number of nitrogens with one attached hydrogen (secondary N) is 2. The summed E-state index contributed by atoms with van der Waals surface area (Å²) in [4.78, 5) is 12.4. The van der Waals surface area contributed by atoms with Crippen LogP contribution in [0.4, 0.5) is 22.0 Å². The van der Waals surface area contributed by atoms with E-state index in [-0.39, 0.29) is 23.9 Å². The molecule has 0 atom stereocenters. The highest BCUT2D eigenvalue weighted by atomic mass is 79.9. The summed E-state index contributed by atoms with van der Waals surface area (Å²) in [6.45, 7) is 3.75. The zero-order valence-corrected chi connectivity index (χ0v) is 13.4. The second-order valence-electron chi connectivity index (χ2n) is 4.43. The monoisotopic (exact) mass is 355 g/mol. The lowest BCUT2D eigenvalue weighted by atomic mass is 10.3. The Morgan fingerprint density at radius 2 is 1.90 bits per heavy atom. The Balaban J connectivity index is 2.32. The van der Waals surface area contributed by atoms with Gasteiger partial charge in [0.15, 0.2) is 0 Å². The van der Waals surface area contributed by atoms with Gasteiger partial charge >= 0.3 is 6.01 Å². The van der Waals surface area contributed by atoms with Crippen LogP contribution in [0.3, 0.4) is 0 Å². The molecule has 21 heavy (non-hydrogen) atoms. The molecule has 0 spiro atoms. The lowest BCUT2D eigenvalue weighted by Gasteiger charge is -2.12. The lowest BCUT2D eigenvalue weighted by molar-refractivity contribution is 0.222. The zero-order valence-electron chi connectivity index (χ0n) is 11.8. The van der Waals surface area contributed by atoms with Crippen LogP contribution in [0.25, 0.3) is 0 Å². The third-order valence-corrected chi connectivity index (χ3v) is 3.05. The lowest BCUT2D eigenvalue weighted by Crippen LogP contribution is -2.12. The van der Waals surface area contributed by atoms with Gasteiger partial charge in [0.25, 0.3) is 0 Å². The van der Waals surface area contributed by atoms with Crippen LogP contribution in [0.15, 0.2) is 22.7 Å². The quantitative estimate of drug-likeness (QED) is 0.856. The molecule has 0 aliphatic rings. The van der Waals surface area contributed by atoms with Gasteiger partial charge in [-0.1, -0.05) is 0 Å². The topological polar surface area (TPSA) is 72.0 Å². The highest BCUT2D eigenvalue weighted by molar-refractivity contribution is 9.10. The first kappa shape index (κ1) is 15.4. The second kappa shape index (κ2) is 6.66. The average Bonchev–Trinajstić information content (AvgIpc) is 2.42. The number of halogens is 2. The van der Waals surface area contributed by atoms with Gasteiger partial charge in [0.1, 0.15) is 5.82 Å². The number of rotatable bonds is 5. The highest BCUT2D eigenvalue weighted by Gasteiger charge is 2.10. The Labute approximate surface area is 130 Å². The van der Waals surface area contributed by atoms with Crippen LogP contribution in [0.2, 0.25) is 0 Å². The fourth-order valence-corrected chi connectivity index (χ4v) is 1.85. The van der Waals surface area contributed by atoms with Crippen molar-refractivity contribution in [2.75, 3.05) is 17.7 Å². The molecule has 0 unspecified atom stereocenters. The van der Waals surface area contributed by atoms with Gasteiger partial charge in [-0.05, 0) is 48.0 Å². The molecule has 0 saturated carbocycles. The standard InChI is InChI=1S/C13H15BrFN5O/c1-7(2)21-13-19-11(16-3)18-12(20-13)17-10-6-8(15)4-5-9(10)14/h4-7H,1-3H3,(H2,16,17,18,19,20). The Hall–Kier alpha value is -1.96. The van der Waals surface area contributed by atoms with Crippen LogP contribution in [-0.4, -0.2) is 28.1 Å². The van der Waals surface area contributed by atoms with Crippen LogP contribution >= 0.6 is 15.9 Å². The number of hydrogen-bond acceptors (Lipinski definition) is 6. The van der Waals surface area contributed by atoms with Crippen molar-refractivity contribution >= 4 is 33.5 Å². The van der Waals surface area contributed by atoms with Crippen molar-refractivity contribution < 1.29 is 9.13 Å². The van der Waals surface area contributed by atoms with E-state index in [9.17, 15) is 4.39 Å². The van der Waals surface area contributed by atoms with E-state index in [2.05, 4.69) is 41.5 Å². The normalized spacial score (nSPS) is 10.6. The van der Waals surface area contributed by atoms with Gasteiger partial charge < -0.3 is 15.4 Å². The van der Waals surface area contributed by atoms with Crippen molar-refractivity contribution in [3.05, 3.63) is 28.5 Å². The highest BCUT2D eigenvalue weighted by Crippen LogP contribution is 2.26. The maximum Gasteiger partial charge on any atom is 0.323 e. The molecule has 1 aromatic heterocycles. The van der Waals surface area contributed by atoms with E-state index in [1.807, 2.05) is 13.8 Å². The van der Waals surface area contributed by atoms with Crippen LogP contribution in [0, 0.1) is 5.82 Å². The number of hydrogen-bond donors (Lipinski definition) is 2. The molecule has 0 aliphatic carbocycles. The maximum atomic E-state index is 13.3. The third kappa shape index (κ3) is 4.25. The molecule has 6 nitrogen and oxygen atoms in total. The molecule has 2 aromatic rings. The molecular formula is C13H15BrFN5O. The first-order valence-electron chi connectivity index (χ1n) is 6.30. The summed E-state index contributed by atoms with van der Waals surface area (Å²) in [5, 5.41) is 5.76. The fourth-order valence-electron chi connectivity index (χ4n) is 1.50. The van der Waals surface area contributed by atoms with Crippen molar-refractivity contribution in [2.45, 2.75) is 20.0 Å². The van der Waals surface area contributed by atoms with E-state index >= 15 is 0 Å². The first-order valence-corrected chi connectivity index (χ1v) is 7.10. The molecular weight excluding hydrogens is 341 g/mol. The summed E-state index contributed by atoms with van der Waals surface area (Å²) in [5.74, 6) is 0.259. The molecule has 0 bridgehead atoms. The summed E-state index contributed by atoms with van der Waals surface area (Å²) in [7, 11) is 1.69. The smallest absolute Gasteiger partial charge is 0.323 e. The Morgan fingerprint density at radius 1 is 1.19 bits per heavy atom. The van der Waals surface area contributed by atoms with E-state index in [4.69, 9.17) is 4.74 Å². The van der Waals surface area contributed by atoms with Crippen molar-refractivity contribution in [1.29, 1.82) is 0 Å². The van der Waals surface area contributed by atoms with Gasteiger partial charge in [0.05, 0.1) is 11.8 Å². The minimum absolute atomic E-state index is 0.0640. The van der Waals surface area contributed by atoms with Crippen molar-refractivity contribution in [2.24, 2.45) is 0 Å². The van der Waals surface area contributed by atoms with E-state index in [1.165, 1.54) is 12.1 Å². The van der Waals surface area contributed by atoms with Crippen molar-refractivity contribution in [1.82, 2.24) is 15.0 Å². The Bertz CT molecular complexity index is 638. The molecule has 2 rings (SSSR count). The molecule has 1 aromatic carbocycles. The summed E-state index contributed by atoms with van der Waals surface area (Å²) < 4.78 is 19.5. The number of anilines is 3. The van der Waals surface area contributed by atoms with Gasteiger partial charge in [0, 0.05) is 11.5 Å². The van der Waals surface area contributed by atoms with Gasteiger partial charge in [-0.3, -0.25) is 0 Å². The second-order valence-corrected chi connectivity index (χ2v) is 5.29. The molecule has 0 radical (unpaired) electrons. The van der Waals surface area contributed by atoms with E-state index in [0.717, 1.165) is 0 Å². The average molecular weight is 356 g/mol. The van der Waals surface area contributed by atoms with Crippen LogP contribution in [-0.2, 0) is 0 Å². The molecule has 8 heteroatoms. The zero-order chi connectivity index (χ0) is 15.4. The summed E-state index contributed by atoms with van der Waals surface area (Å²) in [6.07, 6.45) is -0.0640. The van der Waals surface area contributed by atoms with Crippen molar-refractivity contribution in [3.8, 4) is 6.01 Å². The van der Waals surface area contributed by atoms with Crippen LogP contribution in [0.5, 0.6) is 6.01 Å². The number of ether oxygens (including phenoxy) is 1. The molecule has 2 N–H and O–H groups in total. The number of nitrogens with zero attached hydrogens (tertiary/aromatic N) is 3. The number of aromatic nitrogens is 3. The summed E-state index contributed by atoms with van der Waals surface area (Å²) >= 11 is 3.34. The molecule has 0 fully saturated rings. The first-order chi connectivity index (χ1) is 9.97. The van der Waals surface area contributed by atoms with Crippen molar-refractivity contribution in [3.63, 3.8) is 0 Å². The minimum atomic E-state index is -0.359. The van der Waals surface area contributed by atoms with Gasteiger partial charge in [0.2, 0.25) is 11.9 Å². The predicted octanol–water partition coefficient (Wildman–Crippen LogP) is 3.35. The largest absolute Gasteiger partial charge is 0.461 e. The number of benzene rings is 1.